The largest absolute Gasteiger partial charge is 0.506 e. The number of ketones is 1. The van der Waals surface area contributed by atoms with Crippen LogP contribution in [0.1, 0.15) is 34.6 Å². The average Bonchev–Trinajstić information content (AvgIpc) is 3.44. The number of carbonyl (C=O) groups is 2. The van der Waals surface area contributed by atoms with Gasteiger partial charge in [0.1, 0.15) is 11.3 Å². The molecule has 1 unspecified atom stereocenters. The van der Waals surface area contributed by atoms with Gasteiger partial charge in [0, 0.05) is 5.39 Å². The molecule has 8 nitrogen and oxygen atoms in total. The molecule has 0 fully saturated rings. The summed E-state index contributed by atoms with van der Waals surface area (Å²) >= 11 is 0. The van der Waals surface area contributed by atoms with Crippen molar-refractivity contribution in [2.24, 2.45) is 0 Å². The molecule has 1 atom stereocenters. The van der Waals surface area contributed by atoms with Gasteiger partial charge in [-0.15, -0.1) is 0 Å². The number of anilines is 1. The number of aliphatic hydroxyl groups is 1. The van der Waals surface area contributed by atoms with E-state index in [1.54, 1.807) is 54.6 Å². The summed E-state index contributed by atoms with van der Waals surface area (Å²) in [5, 5.41) is 22.4. The van der Waals surface area contributed by atoms with Crippen molar-refractivity contribution in [3.05, 3.63) is 94.9 Å². The van der Waals surface area contributed by atoms with Crippen LogP contribution in [0.2, 0.25) is 0 Å². The SMILES string of the molecule is CCOc1cc(C2C(C(=O)c3cc4ccccc4o3)=C(O)C(=O)N2c2cc(C)ccc2O)ccc1OC. The maximum Gasteiger partial charge on any atom is 0.294 e. The van der Waals surface area contributed by atoms with Crippen molar-refractivity contribution >= 4 is 28.3 Å². The summed E-state index contributed by atoms with van der Waals surface area (Å²) in [6.45, 7) is 4.00. The van der Waals surface area contributed by atoms with Crippen LogP contribution < -0.4 is 14.4 Å². The predicted molar refractivity (Wildman–Crippen MR) is 137 cm³/mol. The Morgan fingerprint density at radius 2 is 1.81 bits per heavy atom. The molecule has 188 valence electrons. The highest BCUT2D eigenvalue weighted by molar-refractivity contribution is 6.21. The van der Waals surface area contributed by atoms with Gasteiger partial charge < -0.3 is 24.1 Å². The summed E-state index contributed by atoms with van der Waals surface area (Å²) in [6.07, 6.45) is 0. The second-order valence-electron chi connectivity index (χ2n) is 8.65. The molecule has 1 aliphatic rings. The fourth-order valence-corrected chi connectivity index (χ4v) is 4.59. The van der Waals surface area contributed by atoms with E-state index in [2.05, 4.69) is 0 Å². The molecule has 0 radical (unpaired) electrons. The van der Waals surface area contributed by atoms with Crippen LogP contribution >= 0.6 is 0 Å². The summed E-state index contributed by atoms with van der Waals surface area (Å²) in [4.78, 5) is 28.5. The van der Waals surface area contributed by atoms with Gasteiger partial charge in [-0.05, 0) is 61.4 Å². The molecule has 1 amide bonds. The van der Waals surface area contributed by atoms with E-state index in [9.17, 15) is 19.8 Å². The van der Waals surface area contributed by atoms with E-state index in [-0.39, 0.29) is 22.8 Å². The van der Waals surface area contributed by atoms with Gasteiger partial charge in [0.15, 0.2) is 23.0 Å². The Kier molecular flexibility index (Phi) is 6.09. The normalized spacial score (nSPS) is 15.5. The van der Waals surface area contributed by atoms with Crippen LogP contribution in [0, 0.1) is 6.92 Å². The smallest absolute Gasteiger partial charge is 0.294 e. The molecule has 0 saturated heterocycles. The Bertz CT molecular complexity index is 1530. The fourth-order valence-electron chi connectivity index (χ4n) is 4.59. The lowest BCUT2D eigenvalue weighted by Crippen LogP contribution is -2.31. The summed E-state index contributed by atoms with van der Waals surface area (Å²) in [7, 11) is 1.51. The summed E-state index contributed by atoms with van der Waals surface area (Å²) in [5.74, 6) is -1.49. The van der Waals surface area contributed by atoms with Crippen LogP contribution in [-0.4, -0.2) is 35.6 Å². The van der Waals surface area contributed by atoms with Crippen LogP contribution in [0.5, 0.6) is 17.2 Å². The van der Waals surface area contributed by atoms with Crippen molar-refractivity contribution in [2.75, 3.05) is 18.6 Å². The number of hydrogen-bond acceptors (Lipinski definition) is 7. The highest BCUT2D eigenvalue weighted by Crippen LogP contribution is 2.46. The number of ether oxygens (including phenoxy) is 2. The minimum atomic E-state index is -1.08. The monoisotopic (exact) mass is 499 g/mol. The van der Waals surface area contributed by atoms with E-state index in [0.717, 1.165) is 5.56 Å². The third-order valence-electron chi connectivity index (χ3n) is 6.30. The van der Waals surface area contributed by atoms with Crippen LogP contribution in [0.15, 0.2) is 82.5 Å². The van der Waals surface area contributed by atoms with Gasteiger partial charge in [0.25, 0.3) is 5.91 Å². The Morgan fingerprint density at radius 3 is 2.54 bits per heavy atom. The first-order valence-electron chi connectivity index (χ1n) is 11.7. The first-order chi connectivity index (χ1) is 17.8. The quantitative estimate of drug-likeness (QED) is 0.317. The lowest BCUT2D eigenvalue weighted by atomic mass is 9.94. The van der Waals surface area contributed by atoms with Crippen molar-refractivity contribution in [1.82, 2.24) is 0 Å². The number of rotatable bonds is 7. The van der Waals surface area contributed by atoms with Crippen molar-refractivity contribution in [1.29, 1.82) is 0 Å². The van der Waals surface area contributed by atoms with Gasteiger partial charge in [-0.2, -0.15) is 0 Å². The van der Waals surface area contributed by atoms with Crippen LogP contribution in [0.4, 0.5) is 5.69 Å². The van der Waals surface area contributed by atoms with Crippen molar-refractivity contribution in [3.8, 4) is 17.2 Å². The second-order valence-corrected chi connectivity index (χ2v) is 8.65. The number of carbonyl (C=O) groups excluding carboxylic acids is 2. The number of aliphatic hydroxyl groups excluding tert-OH is 1. The average molecular weight is 500 g/mol. The molecule has 0 spiro atoms. The molecule has 3 aromatic carbocycles. The van der Waals surface area contributed by atoms with E-state index < -0.39 is 23.5 Å². The first-order valence-corrected chi connectivity index (χ1v) is 11.7. The molecule has 1 aliphatic heterocycles. The van der Waals surface area contributed by atoms with Crippen LogP contribution in [-0.2, 0) is 4.79 Å². The van der Waals surface area contributed by atoms with Crippen molar-refractivity contribution < 1.29 is 33.7 Å². The molecule has 37 heavy (non-hydrogen) atoms. The number of para-hydroxylation sites is 1. The number of Topliss-reactive ketones (excluding diaryl/α,β-unsaturated/α-hetero) is 1. The van der Waals surface area contributed by atoms with Gasteiger partial charge in [-0.1, -0.05) is 30.3 Å². The number of aryl methyl sites for hydroxylation is 1. The molecular weight excluding hydrogens is 474 g/mol. The zero-order valence-corrected chi connectivity index (χ0v) is 20.5. The fraction of sp³-hybridized carbons (Fsp3) is 0.172. The number of phenols is 1. The number of phenolic OH excluding ortho intramolecular Hbond substituents is 1. The first kappa shape index (κ1) is 24.0. The van der Waals surface area contributed by atoms with E-state index in [1.807, 2.05) is 19.9 Å². The third-order valence-corrected chi connectivity index (χ3v) is 6.30. The van der Waals surface area contributed by atoms with Gasteiger partial charge in [0.05, 0.1) is 31.0 Å². The number of hydrogen-bond donors (Lipinski definition) is 2. The van der Waals surface area contributed by atoms with Gasteiger partial charge >= 0.3 is 0 Å². The molecule has 0 aliphatic carbocycles. The number of aromatic hydroxyl groups is 1. The van der Waals surface area contributed by atoms with Crippen LogP contribution in [0.3, 0.4) is 0 Å². The molecule has 2 heterocycles. The Morgan fingerprint density at radius 1 is 1.03 bits per heavy atom. The number of nitrogens with zero attached hydrogens (tertiary/aromatic N) is 1. The van der Waals surface area contributed by atoms with E-state index in [1.165, 1.54) is 18.1 Å². The molecule has 0 bridgehead atoms. The van der Waals surface area contributed by atoms with E-state index >= 15 is 0 Å². The number of methoxy groups -OCH3 is 1. The summed E-state index contributed by atoms with van der Waals surface area (Å²) in [6, 6.07) is 17.4. The molecule has 8 heteroatoms. The zero-order valence-electron chi connectivity index (χ0n) is 20.5. The Balaban J connectivity index is 1.71. The topological polar surface area (TPSA) is 109 Å². The molecule has 0 saturated carbocycles. The zero-order chi connectivity index (χ0) is 26.3. The van der Waals surface area contributed by atoms with Crippen LogP contribution in [0.25, 0.3) is 11.0 Å². The van der Waals surface area contributed by atoms with E-state index in [4.69, 9.17) is 13.9 Å². The number of furan rings is 1. The number of benzene rings is 3. The molecule has 2 N–H and O–H groups in total. The Hall–Kier alpha value is -4.72. The summed E-state index contributed by atoms with van der Waals surface area (Å²) in [5.41, 5.74) is 1.74. The van der Waals surface area contributed by atoms with Crippen molar-refractivity contribution in [3.63, 3.8) is 0 Å². The van der Waals surface area contributed by atoms with Gasteiger partial charge in [-0.3, -0.25) is 14.5 Å². The summed E-state index contributed by atoms with van der Waals surface area (Å²) < 4.78 is 16.9. The maximum atomic E-state index is 13.8. The van der Waals surface area contributed by atoms with Crippen molar-refractivity contribution in [2.45, 2.75) is 19.9 Å². The number of amides is 1. The molecule has 5 rings (SSSR count). The van der Waals surface area contributed by atoms with Gasteiger partial charge in [0.2, 0.25) is 5.78 Å². The van der Waals surface area contributed by atoms with Gasteiger partial charge in [-0.25, -0.2) is 0 Å². The molecule has 4 aromatic rings. The van der Waals surface area contributed by atoms with E-state index in [0.29, 0.717) is 34.6 Å². The molecular formula is C29H25NO7. The molecule has 1 aromatic heterocycles. The maximum absolute atomic E-state index is 13.8. The highest BCUT2D eigenvalue weighted by atomic mass is 16.5. The Labute approximate surface area is 213 Å². The lowest BCUT2D eigenvalue weighted by molar-refractivity contribution is -0.117. The predicted octanol–water partition coefficient (Wildman–Crippen LogP) is 5.64. The second kappa shape index (κ2) is 9.39. The highest BCUT2D eigenvalue weighted by Gasteiger charge is 2.46. The third kappa shape index (κ3) is 4.06. The standard InChI is InChI=1S/C29H25NO7/c1-4-36-23-15-18(10-12-22(23)35-3)26-25(27(32)24-14-17-7-5-6-8-21(17)37-24)28(33)29(34)30(26)19-13-16(2)9-11-20(19)31/h5-15,26,31,33H,4H2,1-3H3. The number of fused-ring (bicyclic) bond motifs is 1. The minimum absolute atomic E-state index is 0.0191. The lowest BCUT2D eigenvalue weighted by Gasteiger charge is -2.28. The minimum Gasteiger partial charge on any atom is -0.506 e.